The summed E-state index contributed by atoms with van der Waals surface area (Å²) in [6.45, 7) is -0.420. The topological polar surface area (TPSA) is 117 Å². The lowest BCUT2D eigenvalue weighted by Gasteiger charge is -2.35. The van der Waals surface area contributed by atoms with Crippen LogP contribution in [0.2, 0.25) is 5.02 Å². The lowest BCUT2D eigenvalue weighted by atomic mass is 10.1. The quantitative estimate of drug-likeness (QED) is 0.249. The fourth-order valence-electron chi connectivity index (χ4n) is 3.90. The van der Waals surface area contributed by atoms with Crippen molar-refractivity contribution in [3.63, 3.8) is 0 Å². The molecule has 10 nitrogen and oxygen atoms in total. The molecule has 2 heterocycles. The molecule has 2 N–H and O–H groups in total. The third-order valence-corrected chi connectivity index (χ3v) is 7.68. The summed E-state index contributed by atoms with van der Waals surface area (Å²) in [6.07, 6.45) is -4.41. The van der Waals surface area contributed by atoms with Gasteiger partial charge < -0.3 is 20.4 Å². The van der Waals surface area contributed by atoms with E-state index >= 15 is 0 Å². The Morgan fingerprint density at radius 3 is 2.37 bits per heavy atom. The minimum absolute atomic E-state index is 0.00420. The maximum atomic E-state index is 14.2. The van der Waals surface area contributed by atoms with Gasteiger partial charge in [-0.15, -0.1) is 0 Å². The van der Waals surface area contributed by atoms with Crippen LogP contribution >= 0.6 is 11.6 Å². The van der Waals surface area contributed by atoms with E-state index in [4.69, 9.17) is 11.6 Å². The van der Waals surface area contributed by atoms with E-state index in [1.54, 1.807) is 24.3 Å². The van der Waals surface area contributed by atoms with Crippen molar-refractivity contribution in [1.82, 2.24) is 14.4 Å². The van der Waals surface area contributed by atoms with Crippen molar-refractivity contribution in [2.24, 2.45) is 0 Å². The Bertz CT molecular complexity index is 1530. The predicted octanol–water partition coefficient (Wildman–Crippen LogP) is 5.49. The number of hydroxylamine groups is 1. The van der Waals surface area contributed by atoms with Crippen molar-refractivity contribution in [1.29, 1.82) is 0 Å². The normalized spacial score (nSPS) is 15.5. The molecular formula is C24H22ClF5N6O4S. The van der Waals surface area contributed by atoms with E-state index < -0.39 is 39.5 Å². The van der Waals surface area contributed by atoms with Gasteiger partial charge >= 0.3 is 12.1 Å². The Kier molecular flexibility index (Phi) is 8.56. The molecule has 4 rings (SSSR count). The largest absolute Gasteiger partial charge is 0.492 e. The van der Waals surface area contributed by atoms with Crippen molar-refractivity contribution in [3.8, 4) is 0 Å². The molecule has 220 valence electrons. The summed E-state index contributed by atoms with van der Waals surface area (Å²) in [5.41, 5.74) is 0.819. The van der Waals surface area contributed by atoms with Gasteiger partial charge in [-0.1, -0.05) is 11.6 Å². The zero-order chi connectivity index (χ0) is 30.0. The second-order valence-electron chi connectivity index (χ2n) is 8.90. The number of benzene rings is 2. The highest BCUT2D eigenvalue weighted by Gasteiger charge is 2.44. The average Bonchev–Trinajstić information content (AvgIpc) is 2.89. The molecule has 0 radical (unpaired) electrons. The van der Waals surface area contributed by atoms with Gasteiger partial charge in [0.1, 0.15) is 18.0 Å². The number of anilines is 5. The number of hydrogen-bond acceptors (Lipinski definition) is 9. The summed E-state index contributed by atoms with van der Waals surface area (Å²) >= 11 is 5.90. The van der Waals surface area contributed by atoms with E-state index in [0.29, 0.717) is 23.6 Å². The summed E-state index contributed by atoms with van der Waals surface area (Å²) in [7, 11) is -4.19. The van der Waals surface area contributed by atoms with Crippen LogP contribution in [0.5, 0.6) is 0 Å². The van der Waals surface area contributed by atoms with E-state index in [2.05, 4.69) is 25.4 Å². The molecule has 1 aliphatic rings. The van der Waals surface area contributed by atoms with Crippen LogP contribution in [-0.4, -0.2) is 61.1 Å². The molecule has 2 aromatic carbocycles. The third kappa shape index (κ3) is 7.51. The maximum Gasteiger partial charge on any atom is 0.492 e. The molecule has 1 aliphatic heterocycles. The van der Waals surface area contributed by atoms with Crippen LogP contribution in [0, 0.1) is 0 Å². The first-order valence-corrected chi connectivity index (χ1v) is 13.6. The molecule has 1 aromatic heterocycles. The molecule has 0 bridgehead atoms. The lowest BCUT2D eigenvalue weighted by molar-refractivity contribution is -0.219. The second kappa shape index (κ2) is 11.6. The Hall–Kier alpha value is -3.76. The van der Waals surface area contributed by atoms with Crippen molar-refractivity contribution in [2.45, 2.75) is 29.8 Å². The summed E-state index contributed by atoms with van der Waals surface area (Å²) in [4.78, 5) is 24.1. The number of nitrogens with zero attached hydrogens (tertiary/aromatic N) is 4. The summed E-state index contributed by atoms with van der Waals surface area (Å²) in [5, 5.41) is 6.42. The number of nitrogens with one attached hydrogen (secondary N) is 2. The van der Waals surface area contributed by atoms with E-state index in [1.165, 1.54) is 23.4 Å². The third-order valence-electron chi connectivity index (χ3n) is 5.83. The van der Waals surface area contributed by atoms with E-state index in [0.717, 1.165) is 12.1 Å². The van der Waals surface area contributed by atoms with Crippen LogP contribution in [-0.2, 0) is 19.7 Å². The van der Waals surface area contributed by atoms with Gasteiger partial charge in [0.05, 0.1) is 22.8 Å². The summed E-state index contributed by atoms with van der Waals surface area (Å²) in [6, 6.07) is 11.4. The average molecular weight is 621 g/mol. The van der Waals surface area contributed by atoms with Gasteiger partial charge in [0.15, 0.2) is 0 Å². The molecule has 0 aliphatic carbocycles. The number of halogens is 6. The summed E-state index contributed by atoms with van der Waals surface area (Å²) < 4.78 is 92.0. The van der Waals surface area contributed by atoms with E-state index in [-0.39, 0.29) is 41.0 Å². The number of hydrogen-bond donors (Lipinski definition) is 2. The zero-order valence-corrected chi connectivity index (χ0v) is 22.7. The number of piperidine rings is 1. The number of rotatable bonds is 8. The summed E-state index contributed by atoms with van der Waals surface area (Å²) in [5.74, 6) is -5.29. The highest BCUT2D eigenvalue weighted by atomic mass is 35.5. The van der Waals surface area contributed by atoms with Crippen LogP contribution in [0.25, 0.3) is 0 Å². The van der Waals surface area contributed by atoms with Crippen LogP contribution in [0.3, 0.4) is 0 Å². The number of alkyl halides is 5. The van der Waals surface area contributed by atoms with Gasteiger partial charge in [0.25, 0.3) is 15.9 Å². The number of aromatic nitrogens is 2. The molecule has 0 saturated carbocycles. The number of carbonyl (C=O) groups is 1. The first kappa shape index (κ1) is 30.2. The molecule has 1 fully saturated rings. The molecule has 41 heavy (non-hydrogen) atoms. The zero-order valence-electron chi connectivity index (χ0n) is 21.1. The predicted molar refractivity (Wildman–Crippen MR) is 140 cm³/mol. The number of carbonyl (C=O) groups excluding carboxylic acids is 1. The SMILES string of the molecule is CN(OC(=O)C(F)(F)F)S(=O)(=O)c1ccc(N2CCCC(F)(F)C2)c(Nc2cc(Nc3ccc(Cl)cc3)ncn2)c1. The Morgan fingerprint density at radius 1 is 1.07 bits per heavy atom. The molecule has 0 amide bonds. The lowest BCUT2D eigenvalue weighted by Crippen LogP contribution is -2.42. The number of sulfonamides is 1. The molecule has 0 spiro atoms. The Labute approximate surface area is 236 Å². The van der Waals surface area contributed by atoms with Gasteiger partial charge in [-0.2, -0.15) is 13.2 Å². The molecular weight excluding hydrogens is 599 g/mol. The van der Waals surface area contributed by atoms with E-state index in [9.17, 15) is 35.2 Å². The van der Waals surface area contributed by atoms with Gasteiger partial charge in [-0.25, -0.2) is 32.0 Å². The molecule has 1 saturated heterocycles. The molecule has 3 aromatic rings. The first-order chi connectivity index (χ1) is 19.1. The second-order valence-corrected chi connectivity index (χ2v) is 11.3. The van der Waals surface area contributed by atoms with Crippen LogP contribution in [0.1, 0.15) is 12.8 Å². The monoisotopic (exact) mass is 620 g/mol. The standard InChI is InChI=1S/C24H22ClF5N6O4S/c1-35(40-22(37)24(28,29)30)41(38,39)17-7-8-19(36-10-2-9-23(26,27)13-36)18(11-17)34-21-12-20(31-14-32-21)33-16-5-3-15(25)4-6-16/h3-8,11-12,14H,2,9-10,13H2,1H3,(H2,31,32,33,34). The highest BCUT2D eigenvalue weighted by molar-refractivity contribution is 7.89. The smallest absolute Gasteiger partial charge is 0.364 e. The fraction of sp³-hybridized carbons (Fsp3) is 0.292. The minimum atomic E-state index is -5.44. The van der Waals surface area contributed by atoms with Gasteiger partial charge in [-0.05, 0) is 53.4 Å². The molecule has 0 atom stereocenters. The van der Waals surface area contributed by atoms with Crippen LogP contribution in [0.4, 0.5) is 50.6 Å². The van der Waals surface area contributed by atoms with Crippen molar-refractivity contribution >= 4 is 56.3 Å². The van der Waals surface area contributed by atoms with Gasteiger partial charge in [-0.3, -0.25) is 0 Å². The van der Waals surface area contributed by atoms with Crippen LogP contribution < -0.4 is 15.5 Å². The highest BCUT2D eigenvalue weighted by Crippen LogP contribution is 2.37. The van der Waals surface area contributed by atoms with E-state index in [1.807, 2.05) is 0 Å². The minimum Gasteiger partial charge on any atom is -0.364 e. The van der Waals surface area contributed by atoms with Gasteiger partial charge in [0, 0.05) is 36.8 Å². The van der Waals surface area contributed by atoms with Gasteiger partial charge in [0.2, 0.25) is 0 Å². The van der Waals surface area contributed by atoms with Crippen molar-refractivity contribution < 1.29 is 40.0 Å². The van der Waals surface area contributed by atoms with Crippen molar-refractivity contribution in [2.75, 3.05) is 35.7 Å². The van der Waals surface area contributed by atoms with Crippen molar-refractivity contribution in [3.05, 3.63) is 59.9 Å². The fourth-order valence-corrected chi connectivity index (χ4v) is 5.00. The molecule has 17 heteroatoms. The first-order valence-electron chi connectivity index (χ1n) is 11.8. The Morgan fingerprint density at radius 2 is 1.73 bits per heavy atom. The van der Waals surface area contributed by atoms with Crippen LogP contribution in [0.15, 0.2) is 59.8 Å². The molecule has 0 unspecified atom stereocenters. The Balaban J connectivity index is 1.68. The maximum absolute atomic E-state index is 14.2.